The van der Waals surface area contributed by atoms with Crippen LogP contribution < -0.4 is 10.2 Å². The Labute approximate surface area is 205 Å². The highest BCUT2D eigenvalue weighted by atomic mass is 79.9. The topological polar surface area (TPSA) is 66.5 Å². The Bertz CT molecular complexity index is 1020. The number of nitrogens with zero attached hydrogens (tertiary/aromatic N) is 1. The number of rotatable bonds is 5. The predicted octanol–water partition coefficient (Wildman–Crippen LogP) is 5.49. The average molecular weight is 562 g/mol. The Morgan fingerprint density at radius 1 is 0.938 bits per heavy atom. The van der Waals surface area contributed by atoms with Gasteiger partial charge in [-0.25, -0.2) is 0 Å². The molecule has 7 heteroatoms. The fourth-order valence-electron chi connectivity index (χ4n) is 4.72. The van der Waals surface area contributed by atoms with Crippen molar-refractivity contribution in [1.82, 2.24) is 0 Å². The maximum atomic E-state index is 13.1. The van der Waals surface area contributed by atoms with E-state index in [1.807, 2.05) is 18.2 Å². The summed E-state index contributed by atoms with van der Waals surface area (Å²) in [5.41, 5.74) is 3.88. The maximum Gasteiger partial charge on any atom is 0.255 e. The molecule has 2 fully saturated rings. The molecule has 2 aromatic carbocycles. The smallest absolute Gasteiger partial charge is 0.255 e. The molecule has 2 aliphatic rings. The first kappa shape index (κ1) is 23.2. The van der Waals surface area contributed by atoms with E-state index in [4.69, 9.17) is 0 Å². The number of benzene rings is 2. The number of imide groups is 1. The number of aryl methyl sites for hydroxylation is 2. The van der Waals surface area contributed by atoms with Gasteiger partial charge < -0.3 is 5.32 Å². The van der Waals surface area contributed by atoms with Crippen molar-refractivity contribution in [2.45, 2.75) is 49.2 Å². The third-order valence-electron chi connectivity index (χ3n) is 6.52. The van der Waals surface area contributed by atoms with E-state index in [1.54, 1.807) is 24.3 Å². The molecule has 168 valence electrons. The molecule has 1 aliphatic heterocycles. The third-order valence-corrected chi connectivity index (χ3v) is 9.25. The monoisotopic (exact) mass is 560 g/mol. The lowest BCUT2D eigenvalue weighted by Gasteiger charge is -2.29. The molecule has 0 aromatic heterocycles. The van der Waals surface area contributed by atoms with Gasteiger partial charge in [0.1, 0.15) is 0 Å². The number of alkyl halides is 2. The molecule has 1 aliphatic carbocycles. The Hall–Kier alpha value is -1.99. The molecule has 2 aromatic rings. The number of fused-ring (bicyclic) bond motifs is 1. The molecular weight excluding hydrogens is 536 g/mol. The van der Waals surface area contributed by atoms with Gasteiger partial charge in [0.15, 0.2) is 0 Å². The van der Waals surface area contributed by atoms with Gasteiger partial charge in [-0.15, -0.1) is 0 Å². The minimum absolute atomic E-state index is 0.156. The van der Waals surface area contributed by atoms with Crippen LogP contribution in [0.15, 0.2) is 42.5 Å². The Morgan fingerprint density at radius 2 is 1.47 bits per heavy atom. The largest absolute Gasteiger partial charge is 0.321 e. The predicted molar refractivity (Wildman–Crippen MR) is 134 cm³/mol. The summed E-state index contributed by atoms with van der Waals surface area (Å²) < 4.78 is 0. The second kappa shape index (κ2) is 9.48. The van der Waals surface area contributed by atoms with Crippen LogP contribution in [0.2, 0.25) is 0 Å². The maximum absolute atomic E-state index is 13.1. The van der Waals surface area contributed by atoms with Crippen LogP contribution in [0.1, 0.15) is 48.2 Å². The van der Waals surface area contributed by atoms with Crippen LogP contribution in [0.25, 0.3) is 0 Å². The van der Waals surface area contributed by atoms with Gasteiger partial charge >= 0.3 is 0 Å². The van der Waals surface area contributed by atoms with Crippen molar-refractivity contribution in [3.05, 3.63) is 59.2 Å². The van der Waals surface area contributed by atoms with Gasteiger partial charge in [0, 0.05) is 20.9 Å². The zero-order chi connectivity index (χ0) is 23.0. The number of carbonyl (C=O) groups is 3. The van der Waals surface area contributed by atoms with Crippen molar-refractivity contribution in [2.75, 3.05) is 10.2 Å². The molecule has 1 saturated heterocycles. The normalized spacial score (nSPS) is 25.1. The summed E-state index contributed by atoms with van der Waals surface area (Å²) in [5.74, 6) is -1.24. The summed E-state index contributed by atoms with van der Waals surface area (Å²) in [4.78, 5) is 40.9. The highest BCUT2D eigenvalue weighted by Gasteiger charge is 2.52. The molecule has 32 heavy (non-hydrogen) atoms. The third kappa shape index (κ3) is 4.17. The molecule has 1 saturated carbocycles. The molecule has 3 amide bonds. The quantitative estimate of drug-likeness (QED) is 0.388. The van der Waals surface area contributed by atoms with E-state index in [9.17, 15) is 14.4 Å². The average Bonchev–Trinajstić information content (AvgIpc) is 3.03. The summed E-state index contributed by atoms with van der Waals surface area (Å²) in [6, 6.07) is 12.8. The number of amides is 3. The van der Waals surface area contributed by atoms with Crippen LogP contribution in [0.3, 0.4) is 0 Å². The van der Waals surface area contributed by atoms with Crippen LogP contribution in [0, 0.1) is 11.8 Å². The summed E-state index contributed by atoms with van der Waals surface area (Å²) in [7, 11) is 0. The van der Waals surface area contributed by atoms with Gasteiger partial charge in [-0.1, -0.05) is 70.0 Å². The molecule has 4 rings (SSSR count). The summed E-state index contributed by atoms with van der Waals surface area (Å²) in [6.07, 6.45) is 2.86. The molecule has 5 nitrogen and oxygen atoms in total. The standard InChI is InChI=1S/C25H26Br2N2O3/c1-3-14-7-5-8-15(4-2)22(14)28-23(30)16-9-6-10-17(11-16)29-24(31)18-12-20(26)21(27)13-19(18)25(29)32/h5-11,18-21H,3-4,12-13H2,1-2H3,(H,28,30)/t18-,19-,20-,21+/m1/s1. The van der Waals surface area contributed by atoms with E-state index in [0.717, 1.165) is 29.7 Å². The zero-order valence-corrected chi connectivity index (χ0v) is 21.3. The van der Waals surface area contributed by atoms with Gasteiger partial charge in [0.05, 0.1) is 17.5 Å². The molecule has 0 spiro atoms. The van der Waals surface area contributed by atoms with E-state index in [-0.39, 0.29) is 39.2 Å². The van der Waals surface area contributed by atoms with Crippen molar-refractivity contribution in [3.8, 4) is 0 Å². The van der Waals surface area contributed by atoms with Crippen molar-refractivity contribution in [1.29, 1.82) is 0 Å². The van der Waals surface area contributed by atoms with Gasteiger partial charge in [-0.3, -0.25) is 19.3 Å². The van der Waals surface area contributed by atoms with Crippen molar-refractivity contribution in [3.63, 3.8) is 0 Å². The highest BCUT2D eigenvalue weighted by Crippen LogP contribution is 2.44. The number of halogens is 2. The molecule has 0 unspecified atom stereocenters. The first-order chi connectivity index (χ1) is 15.3. The summed E-state index contributed by atoms with van der Waals surface area (Å²) in [6.45, 7) is 4.12. The van der Waals surface area contributed by atoms with E-state index >= 15 is 0 Å². The lowest BCUT2D eigenvalue weighted by Crippen LogP contribution is -2.34. The second-order valence-corrected chi connectivity index (χ2v) is 10.7. The number of hydrogen-bond acceptors (Lipinski definition) is 3. The molecule has 1 N–H and O–H groups in total. The van der Waals surface area contributed by atoms with Crippen molar-refractivity contribution < 1.29 is 14.4 Å². The number of anilines is 2. The Morgan fingerprint density at radius 3 is 2.00 bits per heavy atom. The molecule has 0 bridgehead atoms. The van der Waals surface area contributed by atoms with Crippen molar-refractivity contribution in [2.24, 2.45) is 11.8 Å². The Kier molecular flexibility index (Phi) is 6.86. The molecular formula is C25H26Br2N2O3. The fourth-order valence-corrected chi connectivity index (χ4v) is 5.96. The highest BCUT2D eigenvalue weighted by molar-refractivity contribution is 9.12. The van der Waals surface area contributed by atoms with Gasteiger partial charge in [-0.05, 0) is 55.0 Å². The van der Waals surface area contributed by atoms with E-state index in [1.165, 1.54) is 4.90 Å². The van der Waals surface area contributed by atoms with Crippen LogP contribution in [0.4, 0.5) is 11.4 Å². The van der Waals surface area contributed by atoms with Crippen LogP contribution in [0.5, 0.6) is 0 Å². The van der Waals surface area contributed by atoms with Gasteiger partial charge in [0.2, 0.25) is 11.8 Å². The summed E-state index contributed by atoms with van der Waals surface area (Å²) >= 11 is 7.23. The van der Waals surface area contributed by atoms with Crippen LogP contribution in [-0.2, 0) is 22.4 Å². The van der Waals surface area contributed by atoms with E-state index in [0.29, 0.717) is 24.1 Å². The SMILES string of the molecule is CCc1cccc(CC)c1NC(=O)c1cccc(N2C(=O)[C@@H]3C[C@@H](Br)[C@@H](Br)C[C@H]3C2=O)c1. The first-order valence-electron chi connectivity index (χ1n) is 11.0. The number of nitrogens with one attached hydrogen (secondary N) is 1. The molecule has 1 heterocycles. The van der Waals surface area contributed by atoms with Gasteiger partial charge in [-0.2, -0.15) is 0 Å². The number of para-hydroxylation sites is 1. The molecule has 0 radical (unpaired) electrons. The first-order valence-corrected chi connectivity index (χ1v) is 12.9. The second-order valence-electron chi connectivity index (χ2n) is 8.39. The number of carbonyl (C=O) groups excluding carboxylic acids is 3. The zero-order valence-electron chi connectivity index (χ0n) is 18.1. The minimum atomic E-state index is -0.318. The molecule has 4 atom stereocenters. The van der Waals surface area contributed by atoms with E-state index in [2.05, 4.69) is 51.0 Å². The number of hydrogen-bond donors (Lipinski definition) is 1. The lowest BCUT2D eigenvalue weighted by molar-refractivity contribution is -0.122. The fraction of sp³-hybridized carbons (Fsp3) is 0.400. The lowest BCUT2D eigenvalue weighted by atomic mass is 9.81. The Balaban J connectivity index is 1.60. The summed E-state index contributed by atoms with van der Waals surface area (Å²) in [5, 5.41) is 3.06. The van der Waals surface area contributed by atoms with Crippen LogP contribution >= 0.6 is 31.9 Å². The van der Waals surface area contributed by atoms with E-state index < -0.39 is 0 Å². The van der Waals surface area contributed by atoms with Gasteiger partial charge in [0.25, 0.3) is 5.91 Å². The minimum Gasteiger partial charge on any atom is -0.321 e. The van der Waals surface area contributed by atoms with Crippen molar-refractivity contribution >= 4 is 61.0 Å². The van der Waals surface area contributed by atoms with Crippen LogP contribution in [-0.4, -0.2) is 27.4 Å².